The second kappa shape index (κ2) is 11.1. The molecular weight excluding hydrogens is 500 g/mol. The number of ether oxygens (including phenoxy) is 2. The zero-order chi connectivity index (χ0) is 27.5. The molecule has 204 valence electrons. The van der Waals surface area contributed by atoms with Gasteiger partial charge in [-0.2, -0.15) is 4.98 Å². The van der Waals surface area contributed by atoms with Crippen molar-refractivity contribution in [1.29, 1.82) is 0 Å². The Morgan fingerprint density at radius 3 is 2.28 bits per heavy atom. The minimum absolute atomic E-state index is 0.242. The number of nitrogens with zero attached hydrogens (tertiary/aromatic N) is 4. The molecule has 0 bridgehead atoms. The number of unbranched alkanes of at least 4 members (excludes halogenated alkanes) is 1. The molecule has 0 unspecified atom stereocenters. The molecule has 0 radical (unpaired) electrons. The first-order valence-electron chi connectivity index (χ1n) is 13.0. The topological polar surface area (TPSA) is 121 Å². The van der Waals surface area contributed by atoms with Crippen molar-refractivity contribution in [2.45, 2.75) is 26.2 Å². The van der Waals surface area contributed by atoms with E-state index >= 15 is 0 Å². The van der Waals surface area contributed by atoms with Crippen LogP contribution in [0.5, 0.6) is 23.1 Å². The van der Waals surface area contributed by atoms with E-state index in [1.807, 2.05) is 36.1 Å². The number of rotatable bonds is 8. The third-order valence-corrected chi connectivity index (χ3v) is 7.01. The molecule has 5 rings (SSSR count). The summed E-state index contributed by atoms with van der Waals surface area (Å²) >= 11 is 0. The van der Waals surface area contributed by atoms with E-state index in [2.05, 4.69) is 9.97 Å². The molecule has 1 saturated heterocycles. The number of carbonyl (C=O) groups is 1. The van der Waals surface area contributed by atoms with Gasteiger partial charge in [-0.05, 0) is 37.1 Å². The minimum atomic E-state index is -0.508. The maximum Gasteiger partial charge on any atom is 0.298 e. The van der Waals surface area contributed by atoms with Crippen molar-refractivity contribution >= 4 is 23.0 Å². The van der Waals surface area contributed by atoms with Gasteiger partial charge < -0.3 is 33.9 Å². The Balaban J connectivity index is 1.48. The lowest BCUT2D eigenvalue weighted by atomic mass is 9.95. The smallest absolute Gasteiger partial charge is 0.298 e. The summed E-state index contributed by atoms with van der Waals surface area (Å²) in [7, 11) is 3.05. The van der Waals surface area contributed by atoms with E-state index < -0.39 is 11.8 Å². The van der Waals surface area contributed by atoms with Crippen LogP contribution in [-0.2, 0) is 6.42 Å². The molecule has 0 aliphatic carbocycles. The highest BCUT2D eigenvalue weighted by Crippen LogP contribution is 2.47. The molecule has 1 aliphatic rings. The summed E-state index contributed by atoms with van der Waals surface area (Å²) in [6.07, 6.45) is 2.16. The molecule has 10 heteroatoms. The molecule has 0 atom stereocenters. The van der Waals surface area contributed by atoms with Crippen molar-refractivity contribution in [2.24, 2.45) is 0 Å². The highest BCUT2D eigenvalue weighted by molar-refractivity contribution is 6.02. The first-order valence-corrected chi connectivity index (χ1v) is 13.0. The van der Waals surface area contributed by atoms with E-state index in [1.54, 1.807) is 23.1 Å². The summed E-state index contributed by atoms with van der Waals surface area (Å²) in [4.78, 5) is 26.2. The fourth-order valence-corrected chi connectivity index (χ4v) is 4.94. The van der Waals surface area contributed by atoms with Gasteiger partial charge in [-0.25, -0.2) is 4.98 Å². The van der Waals surface area contributed by atoms with Crippen molar-refractivity contribution in [3.8, 4) is 34.3 Å². The SMILES string of the molecule is CCCCc1nc(O)c(C(=O)N2CCN(c3nc4ccccc4o3)CC2)c(O)c1-c1c(OC)cccc1OC. The van der Waals surface area contributed by atoms with Crippen LogP contribution in [0.25, 0.3) is 22.2 Å². The first-order chi connectivity index (χ1) is 19.0. The quantitative estimate of drug-likeness (QED) is 0.335. The summed E-state index contributed by atoms with van der Waals surface area (Å²) in [5, 5.41) is 22.5. The molecule has 39 heavy (non-hydrogen) atoms. The van der Waals surface area contributed by atoms with E-state index in [-0.39, 0.29) is 11.3 Å². The van der Waals surface area contributed by atoms with E-state index in [0.717, 1.165) is 18.4 Å². The molecule has 0 spiro atoms. The van der Waals surface area contributed by atoms with Gasteiger partial charge in [0.05, 0.1) is 31.0 Å². The number of para-hydroxylation sites is 2. The Morgan fingerprint density at radius 2 is 1.64 bits per heavy atom. The van der Waals surface area contributed by atoms with Gasteiger partial charge in [0.2, 0.25) is 5.88 Å². The number of hydrogen-bond acceptors (Lipinski definition) is 9. The van der Waals surface area contributed by atoms with Gasteiger partial charge >= 0.3 is 0 Å². The monoisotopic (exact) mass is 532 g/mol. The normalized spacial score (nSPS) is 13.6. The van der Waals surface area contributed by atoms with Crippen LogP contribution in [0.15, 0.2) is 46.9 Å². The fourth-order valence-electron chi connectivity index (χ4n) is 4.94. The van der Waals surface area contributed by atoms with Gasteiger partial charge in [-0.15, -0.1) is 0 Å². The third kappa shape index (κ3) is 4.89. The standard InChI is InChI=1S/C29H32N4O6/c1-4-5-9-19-23(24-21(37-2)12-8-13-22(24)38-3)26(34)25(27(35)30-19)28(36)32-14-16-33(17-15-32)29-31-18-10-6-7-11-20(18)39-29/h6-8,10-13H,4-5,9,14-17H2,1-3H3,(H2,30,34,35). The van der Waals surface area contributed by atoms with Crippen LogP contribution in [0.2, 0.25) is 0 Å². The van der Waals surface area contributed by atoms with Gasteiger partial charge in [-0.1, -0.05) is 31.5 Å². The lowest BCUT2D eigenvalue weighted by Gasteiger charge is -2.34. The van der Waals surface area contributed by atoms with E-state index in [4.69, 9.17) is 13.9 Å². The molecule has 10 nitrogen and oxygen atoms in total. The van der Waals surface area contributed by atoms with Gasteiger partial charge in [0.15, 0.2) is 5.58 Å². The van der Waals surface area contributed by atoms with Crippen molar-refractivity contribution < 1.29 is 28.9 Å². The summed E-state index contributed by atoms with van der Waals surface area (Å²) in [6, 6.07) is 13.3. The molecule has 1 amide bonds. The van der Waals surface area contributed by atoms with Gasteiger partial charge in [0.25, 0.3) is 11.9 Å². The van der Waals surface area contributed by atoms with Gasteiger partial charge in [-0.3, -0.25) is 4.79 Å². The lowest BCUT2D eigenvalue weighted by Crippen LogP contribution is -2.49. The van der Waals surface area contributed by atoms with Crippen LogP contribution >= 0.6 is 0 Å². The second-order valence-electron chi connectivity index (χ2n) is 9.37. The zero-order valence-corrected chi connectivity index (χ0v) is 22.3. The zero-order valence-electron chi connectivity index (χ0n) is 22.3. The molecule has 1 aliphatic heterocycles. The molecule has 2 N–H and O–H groups in total. The molecule has 3 heterocycles. The van der Waals surface area contributed by atoms with Gasteiger partial charge in [0, 0.05) is 26.2 Å². The Morgan fingerprint density at radius 1 is 0.949 bits per heavy atom. The molecule has 0 saturated carbocycles. The van der Waals surface area contributed by atoms with Crippen molar-refractivity contribution in [2.75, 3.05) is 45.3 Å². The summed E-state index contributed by atoms with van der Waals surface area (Å²) in [5.74, 6) is -0.433. The predicted molar refractivity (Wildman–Crippen MR) is 147 cm³/mol. The number of carbonyl (C=O) groups excluding carboxylic acids is 1. The number of benzene rings is 2. The van der Waals surface area contributed by atoms with Crippen molar-refractivity contribution in [3.05, 3.63) is 53.7 Å². The number of aryl methyl sites for hydroxylation is 1. The fraction of sp³-hybridized carbons (Fsp3) is 0.345. The van der Waals surface area contributed by atoms with Crippen molar-refractivity contribution in [3.63, 3.8) is 0 Å². The number of fused-ring (bicyclic) bond motifs is 1. The maximum absolute atomic E-state index is 13.7. The summed E-state index contributed by atoms with van der Waals surface area (Å²) in [5.41, 5.74) is 2.50. The average Bonchev–Trinajstić information content (AvgIpc) is 3.40. The number of aromatic hydroxyl groups is 2. The number of amides is 1. The van der Waals surface area contributed by atoms with Crippen LogP contribution in [0, 0.1) is 0 Å². The summed E-state index contributed by atoms with van der Waals surface area (Å²) in [6.45, 7) is 3.70. The Bertz CT molecular complexity index is 1440. The molecule has 4 aromatic rings. The van der Waals surface area contributed by atoms with Crippen molar-refractivity contribution in [1.82, 2.24) is 14.9 Å². The number of aromatic nitrogens is 2. The number of methoxy groups -OCH3 is 2. The predicted octanol–water partition coefficient (Wildman–Crippen LogP) is 4.62. The number of pyridine rings is 1. The number of oxazole rings is 1. The summed E-state index contributed by atoms with van der Waals surface area (Å²) < 4.78 is 17.0. The van der Waals surface area contributed by atoms with E-state index in [0.29, 0.717) is 72.5 Å². The lowest BCUT2D eigenvalue weighted by molar-refractivity contribution is 0.0738. The van der Waals surface area contributed by atoms with E-state index in [9.17, 15) is 15.0 Å². The first kappa shape index (κ1) is 26.1. The largest absolute Gasteiger partial charge is 0.506 e. The van der Waals surface area contributed by atoms with Crippen LogP contribution < -0.4 is 14.4 Å². The molecule has 1 fully saturated rings. The van der Waals surface area contributed by atoms with Crippen LogP contribution in [-0.4, -0.2) is 71.4 Å². The van der Waals surface area contributed by atoms with Gasteiger partial charge in [0.1, 0.15) is 28.3 Å². The molecule has 2 aromatic heterocycles. The van der Waals surface area contributed by atoms with Crippen LogP contribution in [0.4, 0.5) is 6.01 Å². The third-order valence-electron chi connectivity index (χ3n) is 7.01. The van der Waals surface area contributed by atoms with Crippen LogP contribution in [0.3, 0.4) is 0 Å². The maximum atomic E-state index is 13.7. The Labute approximate surface area is 226 Å². The number of hydrogen-bond donors (Lipinski definition) is 2. The van der Waals surface area contributed by atoms with Crippen LogP contribution in [0.1, 0.15) is 35.8 Å². The average molecular weight is 533 g/mol. The Hall–Kier alpha value is -4.47. The molecule has 2 aromatic carbocycles. The van der Waals surface area contributed by atoms with E-state index in [1.165, 1.54) is 14.2 Å². The highest BCUT2D eigenvalue weighted by atomic mass is 16.5. The Kier molecular flexibility index (Phi) is 7.44. The number of piperazine rings is 1. The number of anilines is 1. The minimum Gasteiger partial charge on any atom is -0.506 e. The highest BCUT2D eigenvalue weighted by Gasteiger charge is 2.32. The molecular formula is C29H32N4O6. The second-order valence-corrected chi connectivity index (χ2v) is 9.37.